The van der Waals surface area contributed by atoms with Crippen molar-refractivity contribution >= 4 is 34.4 Å². The summed E-state index contributed by atoms with van der Waals surface area (Å²) in [7, 11) is 0. The molecule has 3 aromatic carbocycles. The monoisotopic (exact) mass is 432 g/mol. The lowest BCUT2D eigenvalue weighted by atomic mass is 10.00. The van der Waals surface area contributed by atoms with E-state index in [0.717, 1.165) is 27.6 Å². The number of carbonyl (C=O) groups is 2. The minimum Gasteiger partial charge on any atom is -0.480 e. The number of hydrogen-bond acceptors (Lipinski definition) is 2. The molecule has 1 amide bonds. The number of carbonyl (C=O) groups excluding carboxylic acids is 1. The average Bonchev–Trinajstić information content (AvgIpc) is 3.13. The Morgan fingerprint density at radius 2 is 1.71 bits per heavy atom. The molecular weight excluding hydrogens is 412 g/mol. The van der Waals surface area contributed by atoms with Crippen LogP contribution in [0.25, 0.3) is 22.0 Å². The van der Waals surface area contributed by atoms with E-state index in [1.807, 2.05) is 61.5 Å². The zero-order chi connectivity index (χ0) is 22.0. The van der Waals surface area contributed by atoms with Gasteiger partial charge in [-0.2, -0.15) is 0 Å². The van der Waals surface area contributed by atoms with Gasteiger partial charge in [-0.15, -0.1) is 0 Å². The summed E-state index contributed by atoms with van der Waals surface area (Å²) in [5.41, 5.74) is 4.59. The highest BCUT2D eigenvalue weighted by Gasteiger charge is 2.26. The Balaban J connectivity index is 1.84. The zero-order valence-electron chi connectivity index (χ0n) is 16.9. The topological polar surface area (TPSA) is 73.4 Å². The van der Waals surface area contributed by atoms with E-state index in [9.17, 15) is 14.7 Å². The average molecular weight is 433 g/mol. The number of rotatable bonds is 6. The maximum Gasteiger partial charge on any atom is 0.323 e. The SMILES string of the molecule is Cc1ccc2[nH]c(C(=O)N(CC(=O)O)Cc3ccccc3Cl)c(-c3ccccc3)c2c1. The molecule has 0 radical (unpaired) electrons. The fourth-order valence-electron chi connectivity index (χ4n) is 3.72. The molecule has 0 spiro atoms. The number of aliphatic carboxylic acids is 1. The number of fused-ring (bicyclic) bond motifs is 1. The molecule has 6 heteroatoms. The highest BCUT2D eigenvalue weighted by atomic mass is 35.5. The molecule has 156 valence electrons. The highest BCUT2D eigenvalue weighted by Crippen LogP contribution is 2.34. The normalized spacial score (nSPS) is 10.9. The lowest BCUT2D eigenvalue weighted by molar-refractivity contribution is -0.137. The van der Waals surface area contributed by atoms with Gasteiger partial charge in [0.1, 0.15) is 12.2 Å². The molecule has 0 aliphatic rings. The smallest absolute Gasteiger partial charge is 0.323 e. The first-order valence-corrected chi connectivity index (χ1v) is 10.2. The van der Waals surface area contributed by atoms with Crippen molar-refractivity contribution in [1.82, 2.24) is 9.88 Å². The first-order chi connectivity index (χ1) is 14.9. The van der Waals surface area contributed by atoms with Gasteiger partial charge < -0.3 is 15.0 Å². The Bertz CT molecular complexity index is 1260. The van der Waals surface area contributed by atoms with Crippen molar-refractivity contribution in [2.45, 2.75) is 13.5 Å². The van der Waals surface area contributed by atoms with Crippen LogP contribution in [0.2, 0.25) is 5.02 Å². The predicted octanol–water partition coefficient (Wildman–Crippen LogP) is 5.52. The van der Waals surface area contributed by atoms with E-state index in [2.05, 4.69) is 4.98 Å². The summed E-state index contributed by atoms with van der Waals surface area (Å²) in [4.78, 5) is 29.7. The highest BCUT2D eigenvalue weighted by molar-refractivity contribution is 6.31. The number of carboxylic acid groups (broad SMARTS) is 1. The van der Waals surface area contributed by atoms with Crippen molar-refractivity contribution in [2.75, 3.05) is 6.54 Å². The molecular formula is C25H21ClN2O3. The lowest BCUT2D eigenvalue weighted by Crippen LogP contribution is -2.35. The quantitative estimate of drug-likeness (QED) is 0.421. The number of aromatic amines is 1. The van der Waals surface area contributed by atoms with Crippen LogP contribution in [-0.4, -0.2) is 33.4 Å². The minimum atomic E-state index is -1.09. The second-order valence-electron chi connectivity index (χ2n) is 7.44. The molecule has 31 heavy (non-hydrogen) atoms. The number of nitrogens with one attached hydrogen (secondary N) is 1. The molecule has 1 aromatic heterocycles. The zero-order valence-corrected chi connectivity index (χ0v) is 17.7. The van der Waals surface area contributed by atoms with Crippen LogP contribution in [-0.2, 0) is 11.3 Å². The number of H-pyrrole nitrogens is 1. The number of halogens is 1. The molecule has 1 heterocycles. The van der Waals surface area contributed by atoms with E-state index >= 15 is 0 Å². The molecule has 0 unspecified atom stereocenters. The Labute approximate surface area is 184 Å². The molecule has 0 saturated carbocycles. The van der Waals surface area contributed by atoms with Gasteiger partial charge in [-0.05, 0) is 36.2 Å². The van der Waals surface area contributed by atoms with Crippen LogP contribution < -0.4 is 0 Å². The number of nitrogens with zero attached hydrogens (tertiary/aromatic N) is 1. The molecule has 0 fully saturated rings. The van der Waals surface area contributed by atoms with Crippen molar-refractivity contribution in [1.29, 1.82) is 0 Å². The molecule has 0 atom stereocenters. The van der Waals surface area contributed by atoms with Crippen LogP contribution in [0.5, 0.6) is 0 Å². The summed E-state index contributed by atoms with van der Waals surface area (Å²) in [6, 6.07) is 22.7. The van der Waals surface area contributed by atoms with E-state index in [1.165, 1.54) is 4.90 Å². The summed E-state index contributed by atoms with van der Waals surface area (Å²) in [6.07, 6.45) is 0. The first kappa shape index (κ1) is 20.7. The summed E-state index contributed by atoms with van der Waals surface area (Å²) in [5.74, 6) is -1.48. The Kier molecular flexibility index (Phi) is 5.78. The molecule has 4 rings (SSSR count). The molecule has 2 N–H and O–H groups in total. The second-order valence-corrected chi connectivity index (χ2v) is 7.84. The molecule has 0 aliphatic heterocycles. The van der Waals surface area contributed by atoms with Crippen LogP contribution in [0.1, 0.15) is 21.6 Å². The van der Waals surface area contributed by atoms with Crippen molar-refractivity contribution in [3.05, 3.63) is 94.6 Å². The molecule has 0 bridgehead atoms. The van der Waals surface area contributed by atoms with E-state index < -0.39 is 18.4 Å². The summed E-state index contributed by atoms with van der Waals surface area (Å²) >= 11 is 6.27. The van der Waals surface area contributed by atoms with E-state index in [-0.39, 0.29) is 6.54 Å². The van der Waals surface area contributed by atoms with Gasteiger partial charge in [0.25, 0.3) is 5.91 Å². The molecule has 0 saturated heterocycles. The third-order valence-corrected chi connectivity index (χ3v) is 5.53. The second kappa shape index (κ2) is 8.66. The number of aromatic nitrogens is 1. The Hall–Kier alpha value is -3.57. The van der Waals surface area contributed by atoms with Gasteiger partial charge >= 0.3 is 5.97 Å². The Morgan fingerprint density at radius 3 is 2.42 bits per heavy atom. The van der Waals surface area contributed by atoms with Crippen LogP contribution in [0, 0.1) is 6.92 Å². The van der Waals surface area contributed by atoms with E-state index in [1.54, 1.807) is 18.2 Å². The van der Waals surface area contributed by atoms with Gasteiger partial charge in [-0.3, -0.25) is 9.59 Å². The minimum absolute atomic E-state index is 0.0907. The molecule has 0 aliphatic carbocycles. The largest absolute Gasteiger partial charge is 0.480 e. The standard InChI is InChI=1S/C25H21ClN2O3/c1-16-11-12-21-19(13-16)23(17-7-3-2-4-8-17)24(27-21)25(31)28(15-22(29)30)14-18-9-5-6-10-20(18)26/h2-13,27H,14-15H2,1H3,(H,29,30). The Morgan fingerprint density at radius 1 is 1.00 bits per heavy atom. The number of aryl methyl sites for hydroxylation is 1. The number of benzene rings is 3. The summed E-state index contributed by atoms with van der Waals surface area (Å²) in [5, 5.41) is 10.9. The van der Waals surface area contributed by atoms with E-state index in [4.69, 9.17) is 11.6 Å². The number of amides is 1. The van der Waals surface area contributed by atoms with Crippen molar-refractivity contribution in [3.63, 3.8) is 0 Å². The van der Waals surface area contributed by atoms with Crippen molar-refractivity contribution in [2.24, 2.45) is 0 Å². The molecule has 4 aromatic rings. The van der Waals surface area contributed by atoms with Gasteiger partial charge in [-0.1, -0.05) is 71.8 Å². The van der Waals surface area contributed by atoms with Crippen LogP contribution >= 0.6 is 11.6 Å². The molecule has 5 nitrogen and oxygen atoms in total. The maximum atomic E-state index is 13.6. The first-order valence-electron chi connectivity index (χ1n) is 9.86. The lowest BCUT2D eigenvalue weighted by Gasteiger charge is -2.21. The van der Waals surface area contributed by atoms with Crippen LogP contribution in [0.3, 0.4) is 0 Å². The van der Waals surface area contributed by atoms with Gasteiger partial charge in [0.15, 0.2) is 0 Å². The number of carboxylic acids is 1. The van der Waals surface area contributed by atoms with E-state index in [0.29, 0.717) is 16.3 Å². The fraction of sp³-hybridized carbons (Fsp3) is 0.120. The number of hydrogen-bond donors (Lipinski definition) is 2. The fourth-order valence-corrected chi connectivity index (χ4v) is 3.92. The van der Waals surface area contributed by atoms with Crippen LogP contribution in [0.4, 0.5) is 0 Å². The van der Waals surface area contributed by atoms with Crippen molar-refractivity contribution in [3.8, 4) is 11.1 Å². The predicted molar refractivity (Wildman–Crippen MR) is 122 cm³/mol. The maximum absolute atomic E-state index is 13.6. The van der Waals surface area contributed by atoms with Crippen LogP contribution in [0.15, 0.2) is 72.8 Å². The van der Waals surface area contributed by atoms with Gasteiger partial charge in [0.2, 0.25) is 0 Å². The summed E-state index contributed by atoms with van der Waals surface area (Å²) in [6.45, 7) is 1.65. The van der Waals surface area contributed by atoms with Gasteiger partial charge in [-0.25, -0.2) is 0 Å². The van der Waals surface area contributed by atoms with Crippen molar-refractivity contribution < 1.29 is 14.7 Å². The third-order valence-electron chi connectivity index (χ3n) is 5.16. The van der Waals surface area contributed by atoms with Gasteiger partial charge in [0.05, 0.1) is 0 Å². The third kappa shape index (κ3) is 4.32. The van der Waals surface area contributed by atoms with Gasteiger partial charge in [0, 0.05) is 28.0 Å². The summed E-state index contributed by atoms with van der Waals surface area (Å²) < 4.78 is 0.